The summed E-state index contributed by atoms with van der Waals surface area (Å²) in [5.74, 6) is -0.777. The van der Waals surface area contributed by atoms with Crippen LogP contribution in [-0.4, -0.2) is 36.5 Å². The molecule has 1 aromatic rings. The smallest absolute Gasteiger partial charge is 0.328 e. The third kappa shape index (κ3) is 3.44. The first-order valence-electron chi connectivity index (χ1n) is 6.43. The Labute approximate surface area is 137 Å². The Balaban J connectivity index is 2.20. The summed E-state index contributed by atoms with van der Waals surface area (Å²) >= 11 is 18.1. The van der Waals surface area contributed by atoms with E-state index in [1.165, 1.54) is 18.1 Å². The van der Waals surface area contributed by atoms with Crippen LogP contribution in [0.25, 0.3) is 0 Å². The Morgan fingerprint density at radius 2 is 2.10 bits per heavy atom. The standard InChI is InChI=1S/C14H14Cl3NO3/c1-21-14(20)11-3-2-6-18(11)13(19)12(17)9-5-4-8(15)7-10(9)16/h4-5,7,11-12H,2-3,6H2,1H3. The number of nitrogens with zero attached hydrogens (tertiary/aromatic N) is 1. The van der Waals surface area contributed by atoms with Gasteiger partial charge in [0.2, 0.25) is 5.91 Å². The van der Waals surface area contributed by atoms with Crippen molar-refractivity contribution in [3.63, 3.8) is 0 Å². The first-order valence-corrected chi connectivity index (χ1v) is 7.62. The molecule has 1 saturated heterocycles. The topological polar surface area (TPSA) is 46.6 Å². The predicted octanol–water partition coefficient (Wildman–Crippen LogP) is 3.44. The Bertz CT molecular complexity index is 564. The normalized spacial score (nSPS) is 19.4. The lowest BCUT2D eigenvalue weighted by Gasteiger charge is -2.25. The lowest BCUT2D eigenvalue weighted by molar-refractivity contribution is -0.150. The van der Waals surface area contributed by atoms with Gasteiger partial charge in [0, 0.05) is 16.6 Å². The fourth-order valence-corrected chi connectivity index (χ4v) is 3.29. The second kappa shape index (κ2) is 6.86. The quantitative estimate of drug-likeness (QED) is 0.620. The maximum absolute atomic E-state index is 12.5. The van der Waals surface area contributed by atoms with Crippen LogP contribution in [0, 0.1) is 0 Å². The summed E-state index contributed by atoms with van der Waals surface area (Å²) in [6, 6.07) is 4.19. The molecule has 0 spiro atoms. The van der Waals surface area contributed by atoms with Crippen LogP contribution in [0.5, 0.6) is 0 Å². The molecule has 7 heteroatoms. The Hall–Kier alpha value is -0.970. The molecule has 1 aromatic carbocycles. The lowest BCUT2D eigenvalue weighted by atomic mass is 10.1. The number of alkyl halides is 1. The van der Waals surface area contributed by atoms with Crippen LogP contribution in [0.15, 0.2) is 18.2 Å². The van der Waals surface area contributed by atoms with Crippen LogP contribution in [0.4, 0.5) is 0 Å². The van der Waals surface area contributed by atoms with Crippen LogP contribution in [0.1, 0.15) is 23.8 Å². The summed E-state index contributed by atoms with van der Waals surface area (Å²) in [4.78, 5) is 25.7. The number of hydrogen-bond acceptors (Lipinski definition) is 3. The van der Waals surface area contributed by atoms with Gasteiger partial charge in [-0.1, -0.05) is 29.3 Å². The van der Waals surface area contributed by atoms with E-state index in [9.17, 15) is 9.59 Å². The molecule has 21 heavy (non-hydrogen) atoms. The Morgan fingerprint density at radius 3 is 2.71 bits per heavy atom. The molecule has 1 aliphatic heterocycles. The Kier molecular flexibility index (Phi) is 5.36. The van der Waals surface area contributed by atoms with Gasteiger partial charge in [-0.05, 0) is 30.5 Å². The molecule has 0 aromatic heterocycles. The van der Waals surface area contributed by atoms with Gasteiger partial charge >= 0.3 is 5.97 Å². The minimum atomic E-state index is -0.958. The fourth-order valence-electron chi connectivity index (χ4n) is 2.40. The van der Waals surface area contributed by atoms with Crippen molar-refractivity contribution in [2.24, 2.45) is 0 Å². The van der Waals surface area contributed by atoms with Crippen molar-refractivity contribution in [1.82, 2.24) is 4.90 Å². The number of hydrogen-bond donors (Lipinski definition) is 0. The molecule has 114 valence electrons. The van der Waals surface area contributed by atoms with E-state index in [0.29, 0.717) is 28.6 Å². The highest BCUT2D eigenvalue weighted by Crippen LogP contribution is 2.33. The summed E-state index contributed by atoms with van der Waals surface area (Å²) in [5, 5.41) is -0.168. The number of likely N-dealkylation sites (tertiary alicyclic amines) is 1. The number of rotatable bonds is 3. The second-order valence-electron chi connectivity index (χ2n) is 4.74. The van der Waals surface area contributed by atoms with Gasteiger partial charge < -0.3 is 9.64 Å². The van der Waals surface area contributed by atoms with Gasteiger partial charge in [0.25, 0.3) is 0 Å². The molecule has 1 aliphatic rings. The van der Waals surface area contributed by atoms with Gasteiger partial charge in [0.1, 0.15) is 11.4 Å². The van der Waals surface area contributed by atoms with Crippen LogP contribution in [-0.2, 0) is 14.3 Å². The van der Waals surface area contributed by atoms with Gasteiger partial charge in [-0.3, -0.25) is 4.79 Å². The van der Waals surface area contributed by atoms with E-state index in [-0.39, 0.29) is 5.91 Å². The third-order valence-corrected chi connectivity index (χ3v) is 4.45. The molecule has 0 aliphatic carbocycles. The zero-order valence-electron chi connectivity index (χ0n) is 11.3. The van der Waals surface area contributed by atoms with Gasteiger partial charge in [-0.2, -0.15) is 0 Å². The number of carbonyl (C=O) groups is 2. The number of benzene rings is 1. The molecule has 1 fully saturated rings. The first-order chi connectivity index (χ1) is 9.95. The molecule has 0 N–H and O–H groups in total. The van der Waals surface area contributed by atoms with Crippen molar-refractivity contribution in [2.75, 3.05) is 13.7 Å². The number of ether oxygens (including phenoxy) is 1. The minimum Gasteiger partial charge on any atom is -0.467 e. The summed E-state index contributed by atoms with van der Waals surface area (Å²) in [6.45, 7) is 0.479. The number of halogens is 3. The van der Waals surface area contributed by atoms with Crippen LogP contribution < -0.4 is 0 Å². The van der Waals surface area contributed by atoms with E-state index in [0.717, 1.165) is 6.42 Å². The second-order valence-corrected chi connectivity index (χ2v) is 6.02. The maximum Gasteiger partial charge on any atom is 0.328 e. The van der Waals surface area contributed by atoms with Crippen LogP contribution >= 0.6 is 34.8 Å². The van der Waals surface area contributed by atoms with Crippen molar-refractivity contribution in [2.45, 2.75) is 24.3 Å². The lowest BCUT2D eigenvalue weighted by Crippen LogP contribution is -2.42. The van der Waals surface area contributed by atoms with Crippen molar-refractivity contribution in [3.05, 3.63) is 33.8 Å². The summed E-state index contributed by atoms with van der Waals surface area (Å²) in [6.07, 6.45) is 1.32. The summed E-state index contributed by atoms with van der Waals surface area (Å²) in [5.41, 5.74) is 0.475. The average molecular weight is 351 g/mol. The van der Waals surface area contributed by atoms with Crippen molar-refractivity contribution in [1.29, 1.82) is 0 Å². The monoisotopic (exact) mass is 349 g/mol. The predicted molar refractivity (Wildman–Crippen MR) is 81.8 cm³/mol. The van der Waals surface area contributed by atoms with Crippen molar-refractivity contribution in [3.8, 4) is 0 Å². The molecule has 2 rings (SSSR count). The molecular weight excluding hydrogens is 337 g/mol. The number of methoxy groups -OCH3 is 1. The van der Waals surface area contributed by atoms with Crippen LogP contribution in [0.2, 0.25) is 10.0 Å². The number of amides is 1. The van der Waals surface area contributed by atoms with Crippen molar-refractivity contribution >= 4 is 46.7 Å². The average Bonchev–Trinajstić information content (AvgIpc) is 2.94. The molecule has 1 heterocycles. The highest BCUT2D eigenvalue weighted by Gasteiger charge is 2.38. The molecule has 0 radical (unpaired) electrons. The van der Waals surface area contributed by atoms with Gasteiger partial charge in [-0.15, -0.1) is 11.6 Å². The highest BCUT2D eigenvalue weighted by molar-refractivity contribution is 6.37. The van der Waals surface area contributed by atoms with E-state index in [2.05, 4.69) is 0 Å². The largest absolute Gasteiger partial charge is 0.467 e. The number of esters is 1. The molecule has 1 amide bonds. The van der Waals surface area contributed by atoms with Crippen molar-refractivity contribution < 1.29 is 14.3 Å². The molecule has 2 atom stereocenters. The molecular formula is C14H14Cl3NO3. The molecule has 0 saturated carbocycles. The van der Waals surface area contributed by atoms with Gasteiger partial charge in [0.05, 0.1) is 7.11 Å². The molecule has 2 unspecified atom stereocenters. The SMILES string of the molecule is COC(=O)C1CCCN1C(=O)C(Cl)c1ccc(Cl)cc1Cl. The van der Waals surface area contributed by atoms with E-state index >= 15 is 0 Å². The molecule has 0 bridgehead atoms. The fraction of sp³-hybridized carbons (Fsp3) is 0.429. The number of carbonyl (C=O) groups excluding carboxylic acids is 2. The zero-order chi connectivity index (χ0) is 15.6. The first kappa shape index (κ1) is 16.4. The van der Waals surface area contributed by atoms with Gasteiger partial charge in [0.15, 0.2) is 0 Å². The van der Waals surface area contributed by atoms with E-state index in [1.807, 2.05) is 0 Å². The highest BCUT2D eigenvalue weighted by atomic mass is 35.5. The molecule has 4 nitrogen and oxygen atoms in total. The maximum atomic E-state index is 12.5. The zero-order valence-corrected chi connectivity index (χ0v) is 13.6. The third-order valence-electron chi connectivity index (χ3n) is 3.46. The van der Waals surface area contributed by atoms with Crippen LogP contribution in [0.3, 0.4) is 0 Å². The summed E-state index contributed by atoms with van der Waals surface area (Å²) < 4.78 is 4.72. The summed E-state index contributed by atoms with van der Waals surface area (Å²) in [7, 11) is 1.30. The van der Waals surface area contributed by atoms with Gasteiger partial charge in [-0.25, -0.2) is 4.79 Å². The van der Waals surface area contributed by atoms with E-state index in [4.69, 9.17) is 39.5 Å². The van der Waals surface area contributed by atoms with E-state index in [1.54, 1.807) is 12.1 Å². The minimum absolute atomic E-state index is 0.324. The Morgan fingerprint density at radius 1 is 1.38 bits per heavy atom. The van der Waals surface area contributed by atoms with E-state index < -0.39 is 17.4 Å².